The highest BCUT2D eigenvalue weighted by molar-refractivity contribution is 4.76. The Balaban J connectivity index is 2.22. The van der Waals surface area contributed by atoms with Crippen LogP contribution in [0.15, 0.2) is 0 Å². The Labute approximate surface area is 54.9 Å². The van der Waals surface area contributed by atoms with E-state index >= 15 is 0 Å². The highest BCUT2D eigenvalue weighted by Crippen LogP contribution is 2.30. The van der Waals surface area contributed by atoms with Crippen LogP contribution in [0.1, 0.15) is 25.7 Å². The van der Waals surface area contributed by atoms with Gasteiger partial charge >= 0.3 is 0 Å². The van der Waals surface area contributed by atoms with Crippen LogP contribution in [0.4, 0.5) is 4.39 Å². The molecule has 1 rings (SSSR count). The van der Waals surface area contributed by atoms with Gasteiger partial charge in [-0.2, -0.15) is 0 Å². The molecule has 2 atom stereocenters. The lowest BCUT2D eigenvalue weighted by molar-refractivity contribution is 0.200. The largest absolute Gasteiger partial charge is 0.396 e. The standard InChI is InChI=1S/C7H13FO/c8-7-3-1-2-6(7)4-5-9/h6-7,9H,1-5H2/t6-,7-/m1/s1. The molecule has 0 amide bonds. The maximum Gasteiger partial charge on any atom is 0.103 e. The van der Waals surface area contributed by atoms with Crippen LogP contribution in [0.3, 0.4) is 0 Å². The zero-order valence-electron chi connectivity index (χ0n) is 5.52. The first-order valence-corrected chi connectivity index (χ1v) is 3.59. The van der Waals surface area contributed by atoms with Crippen molar-refractivity contribution in [2.75, 3.05) is 6.61 Å². The molecule has 54 valence electrons. The average Bonchev–Trinajstić information content (AvgIpc) is 2.18. The van der Waals surface area contributed by atoms with Gasteiger partial charge in [0.15, 0.2) is 0 Å². The van der Waals surface area contributed by atoms with Crippen molar-refractivity contribution in [1.29, 1.82) is 0 Å². The van der Waals surface area contributed by atoms with Crippen molar-refractivity contribution in [2.45, 2.75) is 31.9 Å². The molecule has 0 radical (unpaired) electrons. The lowest BCUT2D eigenvalue weighted by atomic mass is 10.0. The zero-order chi connectivity index (χ0) is 6.69. The smallest absolute Gasteiger partial charge is 0.103 e. The summed E-state index contributed by atoms with van der Waals surface area (Å²) in [6.45, 7) is 0.144. The van der Waals surface area contributed by atoms with E-state index in [0.717, 1.165) is 12.8 Å². The molecular formula is C7H13FO. The number of aliphatic hydroxyl groups excluding tert-OH is 1. The quantitative estimate of drug-likeness (QED) is 0.603. The van der Waals surface area contributed by atoms with Gasteiger partial charge in [0.1, 0.15) is 6.17 Å². The molecule has 1 aliphatic rings. The van der Waals surface area contributed by atoms with Crippen LogP contribution in [-0.2, 0) is 0 Å². The van der Waals surface area contributed by atoms with E-state index in [2.05, 4.69) is 0 Å². The van der Waals surface area contributed by atoms with E-state index in [-0.39, 0.29) is 12.5 Å². The highest BCUT2D eigenvalue weighted by atomic mass is 19.1. The first-order chi connectivity index (χ1) is 4.34. The SMILES string of the molecule is OCC[C@H]1CCC[C@H]1F. The van der Waals surface area contributed by atoms with Crippen molar-refractivity contribution in [2.24, 2.45) is 5.92 Å². The first-order valence-electron chi connectivity index (χ1n) is 3.59. The van der Waals surface area contributed by atoms with Gasteiger partial charge in [-0.3, -0.25) is 0 Å². The molecule has 1 N–H and O–H groups in total. The molecule has 1 aliphatic carbocycles. The van der Waals surface area contributed by atoms with Crippen LogP contribution >= 0.6 is 0 Å². The molecule has 0 aromatic heterocycles. The van der Waals surface area contributed by atoms with E-state index in [1.807, 2.05) is 0 Å². The van der Waals surface area contributed by atoms with Crippen LogP contribution < -0.4 is 0 Å². The van der Waals surface area contributed by atoms with Crippen molar-refractivity contribution < 1.29 is 9.50 Å². The highest BCUT2D eigenvalue weighted by Gasteiger charge is 2.25. The van der Waals surface area contributed by atoms with Crippen molar-refractivity contribution in [1.82, 2.24) is 0 Å². The number of rotatable bonds is 2. The summed E-state index contributed by atoms with van der Waals surface area (Å²) in [6.07, 6.45) is 2.72. The van der Waals surface area contributed by atoms with E-state index < -0.39 is 6.17 Å². The minimum Gasteiger partial charge on any atom is -0.396 e. The Morgan fingerprint density at radius 2 is 2.22 bits per heavy atom. The van der Waals surface area contributed by atoms with Gasteiger partial charge in [0, 0.05) is 6.61 Å². The summed E-state index contributed by atoms with van der Waals surface area (Å²) < 4.78 is 12.7. The Hall–Kier alpha value is -0.110. The summed E-state index contributed by atoms with van der Waals surface area (Å²) in [4.78, 5) is 0. The Bertz CT molecular complexity index is 85.0. The fourth-order valence-corrected chi connectivity index (χ4v) is 1.48. The molecule has 0 spiro atoms. The Morgan fingerprint density at radius 1 is 1.44 bits per heavy atom. The fraction of sp³-hybridized carbons (Fsp3) is 1.00. The molecular weight excluding hydrogens is 119 g/mol. The third-order valence-corrected chi connectivity index (χ3v) is 2.07. The molecule has 0 aromatic rings. The molecule has 2 heteroatoms. The van der Waals surface area contributed by atoms with E-state index in [0.29, 0.717) is 12.8 Å². The topological polar surface area (TPSA) is 20.2 Å². The third-order valence-electron chi connectivity index (χ3n) is 2.07. The summed E-state index contributed by atoms with van der Waals surface area (Å²) in [5.41, 5.74) is 0. The predicted molar refractivity (Wildman–Crippen MR) is 33.9 cm³/mol. The minimum atomic E-state index is -0.628. The van der Waals surface area contributed by atoms with Gasteiger partial charge in [0.2, 0.25) is 0 Å². The van der Waals surface area contributed by atoms with E-state index in [1.54, 1.807) is 0 Å². The molecule has 1 saturated carbocycles. The normalized spacial score (nSPS) is 35.3. The Kier molecular flexibility index (Phi) is 2.46. The van der Waals surface area contributed by atoms with Crippen LogP contribution in [0.2, 0.25) is 0 Å². The molecule has 0 aliphatic heterocycles. The lowest BCUT2D eigenvalue weighted by Gasteiger charge is -2.08. The summed E-state index contributed by atoms with van der Waals surface area (Å²) in [6, 6.07) is 0. The second-order valence-electron chi connectivity index (χ2n) is 2.72. The van der Waals surface area contributed by atoms with Gasteiger partial charge in [0.25, 0.3) is 0 Å². The van der Waals surface area contributed by atoms with Crippen LogP contribution in [0, 0.1) is 5.92 Å². The van der Waals surface area contributed by atoms with E-state index in [9.17, 15) is 4.39 Å². The number of halogens is 1. The zero-order valence-corrected chi connectivity index (χ0v) is 5.52. The summed E-state index contributed by atoms with van der Waals surface area (Å²) in [5, 5.41) is 8.48. The van der Waals surface area contributed by atoms with Crippen LogP contribution in [0.25, 0.3) is 0 Å². The molecule has 0 saturated heterocycles. The number of hydrogen-bond donors (Lipinski definition) is 1. The third kappa shape index (κ3) is 1.65. The second-order valence-corrected chi connectivity index (χ2v) is 2.72. The van der Waals surface area contributed by atoms with Gasteiger partial charge < -0.3 is 5.11 Å². The van der Waals surface area contributed by atoms with Gasteiger partial charge in [0.05, 0.1) is 0 Å². The van der Waals surface area contributed by atoms with E-state index in [4.69, 9.17) is 5.11 Å². The molecule has 0 unspecified atom stereocenters. The molecule has 1 nitrogen and oxygen atoms in total. The lowest BCUT2D eigenvalue weighted by Crippen LogP contribution is -2.09. The van der Waals surface area contributed by atoms with Crippen molar-refractivity contribution in [3.05, 3.63) is 0 Å². The summed E-state index contributed by atoms with van der Waals surface area (Å²) in [7, 11) is 0. The Morgan fingerprint density at radius 3 is 2.67 bits per heavy atom. The average molecular weight is 132 g/mol. The van der Waals surface area contributed by atoms with Crippen molar-refractivity contribution >= 4 is 0 Å². The van der Waals surface area contributed by atoms with E-state index in [1.165, 1.54) is 0 Å². The summed E-state index contributed by atoms with van der Waals surface area (Å²) >= 11 is 0. The predicted octanol–water partition coefficient (Wildman–Crippen LogP) is 1.51. The minimum absolute atomic E-state index is 0.144. The second kappa shape index (κ2) is 3.16. The monoisotopic (exact) mass is 132 g/mol. The van der Waals surface area contributed by atoms with Gasteiger partial charge in [-0.25, -0.2) is 4.39 Å². The number of aliphatic hydroxyl groups is 1. The maximum atomic E-state index is 12.7. The molecule has 0 bridgehead atoms. The molecule has 0 heterocycles. The van der Waals surface area contributed by atoms with Gasteiger partial charge in [-0.1, -0.05) is 6.42 Å². The van der Waals surface area contributed by atoms with Crippen LogP contribution in [0.5, 0.6) is 0 Å². The van der Waals surface area contributed by atoms with Gasteiger partial charge in [-0.05, 0) is 25.2 Å². The molecule has 9 heavy (non-hydrogen) atoms. The molecule has 1 fully saturated rings. The maximum absolute atomic E-state index is 12.7. The van der Waals surface area contributed by atoms with Crippen molar-refractivity contribution in [3.63, 3.8) is 0 Å². The van der Waals surface area contributed by atoms with Gasteiger partial charge in [-0.15, -0.1) is 0 Å². The number of alkyl halides is 1. The number of hydrogen-bond acceptors (Lipinski definition) is 1. The van der Waals surface area contributed by atoms with Crippen LogP contribution in [-0.4, -0.2) is 17.9 Å². The summed E-state index contributed by atoms with van der Waals surface area (Å²) in [5.74, 6) is 0.162. The molecule has 0 aromatic carbocycles. The van der Waals surface area contributed by atoms with Crippen molar-refractivity contribution in [3.8, 4) is 0 Å². The first kappa shape index (κ1) is 7.00. The fourth-order valence-electron chi connectivity index (χ4n) is 1.48.